The smallest absolute Gasteiger partial charge is 0.123 e. The zero-order chi connectivity index (χ0) is 17.1. The van der Waals surface area contributed by atoms with Gasteiger partial charge in [-0.2, -0.15) is 0 Å². The van der Waals surface area contributed by atoms with E-state index in [4.69, 9.17) is 0 Å². The Morgan fingerprint density at radius 3 is 2.36 bits per heavy atom. The van der Waals surface area contributed by atoms with Crippen LogP contribution in [-0.4, -0.2) is 47.1 Å². The van der Waals surface area contributed by atoms with Crippen molar-refractivity contribution in [3.05, 3.63) is 35.8 Å². The summed E-state index contributed by atoms with van der Waals surface area (Å²) in [6, 6.07) is 7.32. The van der Waals surface area contributed by atoms with Gasteiger partial charge in [0.1, 0.15) is 5.82 Å². The summed E-state index contributed by atoms with van der Waals surface area (Å²) in [5.41, 5.74) is 2.51. The number of fused-ring (bicyclic) bond motifs is 3. The van der Waals surface area contributed by atoms with Crippen LogP contribution in [-0.2, 0) is 13.1 Å². The van der Waals surface area contributed by atoms with Crippen LogP contribution in [0.1, 0.15) is 44.2 Å². The molecule has 4 heteroatoms. The van der Waals surface area contributed by atoms with Gasteiger partial charge in [0.25, 0.3) is 0 Å². The fraction of sp³-hybridized carbons (Fsp3) is 0.619. The lowest BCUT2D eigenvalue weighted by atomic mass is 10.2. The average Bonchev–Trinajstić information content (AvgIpc) is 2.78. The molecule has 25 heavy (non-hydrogen) atoms. The third-order valence-electron chi connectivity index (χ3n) is 5.87. The van der Waals surface area contributed by atoms with Gasteiger partial charge in [-0.1, -0.05) is 12.8 Å². The fourth-order valence-corrected chi connectivity index (χ4v) is 4.47. The van der Waals surface area contributed by atoms with Gasteiger partial charge in [0.2, 0.25) is 0 Å². The van der Waals surface area contributed by atoms with Crippen molar-refractivity contribution in [3.63, 3.8) is 0 Å². The van der Waals surface area contributed by atoms with Crippen LogP contribution in [0.4, 0.5) is 4.39 Å². The third-order valence-corrected chi connectivity index (χ3v) is 5.87. The normalized spacial score (nSPS) is 19.9. The minimum absolute atomic E-state index is 0.138. The maximum absolute atomic E-state index is 13.4. The third kappa shape index (κ3) is 4.06. The predicted octanol–water partition coefficient (Wildman–Crippen LogP) is 4.25. The van der Waals surface area contributed by atoms with Crippen LogP contribution < -0.4 is 0 Å². The average molecular weight is 343 g/mol. The molecular formula is C21H30FN3. The Morgan fingerprint density at radius 2 is 1.56 bits per heavy atom. The van der Waals surface area contributed by atoms with E-state index < -0.39 is 0 Å². The Hall–Kier alpha value is -1.39. The Balaban J connectivity index is 1.27. The van der Waals surface area contributed by atoms with E-state index in [-0.39, 0.29) is 5.82 Å². The van der Waals surface area contributed by atoms with Gasteiger partial charge in [0.15, 0.2) is 0 Å². The molecule has 0 amide bonds. The Bertz CT molecular complexity index is 700. The molecule has 1 fully saturated rings. The van der Waals surface area contributed by atoms with Crippen LogP contribution in [0.25, 0.3) is 10.9 Å². The summed E-state index contributed by atoms with van der Waals surface area (Å²) in [5, 5.41) is 1.04. The highest BCUT2D eigenvalue weighted by Gasteiger charge is 2.18. The van der Waals surface area contributed by atoms with Crippen molar-refractivity contribution < 1.29 is 4.39 Å². The van der Waals surface area contributed by atoms with E-state index in [9.17, 15) is 4.39 Å². The summed E-state index contributed by atoms with van der Waals surface area (Å²) < 4.78 is 15.8. The molecule has 0 bridgehead atoms. The molecule has 3 heterocycles. The first kappa shape index (κ1) is 17.0. The number of nitrogens with zero attached hydrogens (tertiary/aromatic N) is 3. The van der Waals surface area contributed by atoms with Crippen LogP contribution >= 0.6 is 0 Å². The van der Waals surface area contributed by atoms with Gasteiger partial charge < -0.3 is 9.47 Å². The van der Waals surface area contributed by atoms with Crippen molar-refractivity contribution in [1.82, 2.24) is 14.4 Å². The molecule has 2 aliphatic rings. The molecule has 1 saturated heterocycles. The first-order valence-electron chi connectivity index (χ1n) is 10.0. The lowest BCUT2D eigenvalue weighted by Gasteiger charge is -2.29. The number of unbranched alkanes of at least 4 members (excludes halogenated alkanes) is 1. The standard InChI is InChI=1S/C21H30FN3/c22-19-7-8-21-18(15-19)16-20-17-24(13-14-25(20)21)12-6-5-11-23-9-3-1-2-4-10-23/h7-8,15-16H,1-6,9-14,17H2. The number of benzene rings is 1. The van der Waals surface area contributed by atoms with Crippen molar-refractivity contribution in [2.75, 3.05) is 32.7 Å². The second-order valence-electron chi connectivity index (χ2n) is 7.73. The van der Waals surface area contributed by atoms with Gasteiger partial charge >= 0.3 is 0 Å². The second-order valence-corrected chi connectivity index (χ2v) is 7.73. The van der Waals surface area contributed by atoms with E-state index in [1.54, 1.807) is 12.1 Å². The Kier molecular flexibility index (Phi) is 5.37. The van der Waals surface area contributed by atoms with Crippen LogP contribution in [0.2, 0.25) is 0 Å². The van der Waals surface area contributed by atoms with Gasteiger partial charge in [-0.05, 0) is 76.1 Å². The van der Waals surface area contributed by atoms with E-state index in [1.165, 1.54) is 75.9 Å². The molecule has 1 aromatic carbocycles. The molecule has 0 aliphatic carbocycles. The van der Waals surface area contributed by atoms with Gasteiger partial charge in [-0.15, -0.1) is 0 Å². The molecule has 0 atom stereocenters. The molecule has 0 radical (unpaired) electrons. The highest BCUT2D eigenvalue weighted by molar-refractivity contribution is 5.81. The summed E-state index contributed by atoms with van der Waals surface area (Å²) in [6.45, 7) is 8.20. The number of hydrogen-bond donors (Lipinski definition) is 0. The second kappa shape index (κ2) is 7.88. The number of halogens is 1. The van der Waals surface area contributed by atoms with E-state index in [0.29, 0.717) is 0 Å². The lowest BCUT2D eigenvalue weighted by molar-refractivity contribution is 0.210. The predicted molar refractivity (Wildman–Crippen MR) is 101 cm³/mol. The number of likely N-dealkylation sites (tertiary alicyclic amines) is 1. The SMILES string of the molecule is Fc1ccc2c(c1)cc1n2CCN(CCCCN2CCCCCC2)C1. The quantitative estimate of drug-likeness (QED) is 0.752. The molecule has 0 spiro atoms. The minimum atomic E-state index is -0.138. The molecule has 0 saturated carbocycles. The first-order valence-corrected chi connectivity index (χ1v) is 10.0. The molecule has 136 valence electrons. The van der Waals surface area contributed by atoms with Crippen molar-refractivity contribution in [2.45, 2.75) is 51.6 Å². The molecule has 1 aromatic heterocycles. The highest BCUT2D eigenvalue weighted by atomic mass is 19.1. The largest absolute Gasteiger partial charge is 0.342 e. The zero-order valence-corrected chi connectivity index (χ0v) is 15.2. The maximum Gasteiger partial charge on any atom is 0.123 e. The van der Waals surface area contributed by atoms with Gasteiger partial charge in [0.05, 0.1) is 0 Å². The number of hydrogen-bond acceptors (Lipinski definition) is 2. The number of rotatable bonds is 5. The number of aromatic nitrogens is 1. The van der Waals surface area contributed by atoms with E-state index in [1.807, 2.05) is 6.07 Å². The molecule has 3 nitrogen and oxygen atoms in total. The Labute approximate surface area is 150 Å². The van der Waals surface area contributed by atoms with E-state index >= 15 is 0 Å². The highest BCUT2D eigenvalue weighted by Crippen LogP contribution is 2.25. The van der Waals surface area contributed by atoms with Crippen LogP contribution in [0.15, 0.2) is 24.3 Å². The maximum atomic E-state index is 13.4. The van der Waals surface area contributed by atoms with Gasteiger partial charge in [-0.25, -0.2) is 4.39 Å². The molecule has 4 rings (SSSR count). The zero-order valence-electron chi connectivity index (χ0n) is 15.2. The van der Waals surface area contributed by atoms with Crippen LogP contribution in [0.3, 0.4) is 0 Å². The summed E-state index contributed by atoms with van der Waals surface area (Å²) in [7, 11) is 0. The van der Waals surface area contributed by atoms with E-state index in [2.05, 4.69) is 20.4 Å². The monoisotopic (exact) mass is 343 g/mol. The Morgan fingerprint density at radius 1 is 0.800 bits per heavy atom. The molecule has 0 N–H and O–H groups in total. The summed E-state index contributed by atoms with van der Waals surface area (Å²) in [4.78, 5) is 5.22. The van der Waals surface area contributed by atoms with Crippen molar-refractivity contribution in [3.8, 4) is 0 Å². The van der Waals surface area contributed by atoms with E-state index in [0.717, 1.165) is 25.0 Å². The van der Waals surface area contributed by atoms with Crippen LogP contribution in [0, 0.1) is 5.82 Å². The van der Waals surface area contributed by atoms with Crippen LogP contribution in [0.5, 0.6) is 0 Å². The fourth-order valence-electron chi connectivity index (χ4n) is 4.47. The summed E-state index contributed by atoms with van der Waals surface area (Å²) in [5.74, 6) is -0.138. The first-order chi connectivity index (χ1) is 12.3. The molecule has 0 unspecified atom stereocenters. The summed E-state index contributed by atoms with van der Waals surface area (Å²) >= 11 is 0. The lowest BCUT2D eigenvalue weighted by Crippen LogP contribution is -2.34. The molecule has 2 aromatic rings. The van der Waals surface area contributed by atoms with Crippen molar-refractivity contribution in [2.24, 2.45) is 0 Å². The van der Waals surface area contributed by atoms with Crippen molar-refractivity contribution >= 4 is 10.9 Å². The summed E-state index contributed by atoms with van der Waals surface area (Å²) in [6.07, 6.45) is 8.20. The van der Waals surface area contributed by atoms with Gasteiger partial charge in [-0.3, -0.25) is 4.90 Å². The molecular weight excluding hydrogens is 313 g/mol. The van der Waals surface area contributed by atoms with Gasteiger partial charge in [0, 0.05) is 36.2 Å². The minimum Gasteiger partial charge on any atom is -0.342 e. The molecule has 2 aliphatic heterocycles. The van der Waals surface area contributed by atoms with Crippen molar-refractivity contribution in [1.29, 1.82) is 0 Å². The topological polar surface area (TPSA) is 11.4 Å².